The Bertz CT molecular complexity index is 986. The van der Waals surface area contributed by atoms with Gasteiger partial charge in [-0.1, -0.05) is 34.7 Å². The van der Waals surface area contributed by atoms with Gasteiger partial charge < -0.3 is 27.9 Å². The van der Waals surface area contributed by atoms with Crippen LogP contribution in [0.25, 0.3) is 0 Å². The van der Waals surface area contributed by atoms with Crippen molar-refractivity contribution < 1.29 is 23.4 Å². The molecule has 4 rings (SSSR count). The van der Waals surface area contributed by atoms with Gasteiger partial charge in [0.25, 0.3) is 0 Å². The zero-order valence-corrected chi connectivity index (χ0v) is 23.7. The minimum Gasteiger partial charge on any atom is -0.481 e. The molecular weight excluding hydrogens is 549 g/mol. The van der Waals surface area contributed by atoms with E-state index in [1.54, 1.807) is 38.7 Å². The monoisotopic (exact) mass is 584 g/mol. The Labute approximate surface area is 217 Å². The zero-order valence-electron chi connectivity index (χ0n) is 21.5. The highest BCUT2D eigenvalue weighted by Gasteiger charge is 2.44. The first-order valence-electron chi connectivity index (χ1n) is 11.1. The van der Waals surface area contributed by atoms with E-state index in [4.69, 9.17) is 23.4 Å². The van der Waals surface area contributed by atoms with Gasteiger partial charge in [0.1, 0.15) is 0 Å². The topological polar surface area (TPSA) is 81.0 Å². The molecule has 0 saturated carbocycles. The van der Waals surface area contributed by atoms with E-state index in [9.17, 15) is 4.79 Å². The van der Waals surface area contributed by atoms with E-state index in [0.29, 0.717) is 5.88 Å². The lowest BCUT2D eigenvalue weighted by molar-refractivity contribution is 0.0841. The van der Waals surface area contributed by atoms with Gasteiger partial charge >= 0.3 is 14.2 Å². The fraction of sp³-hybridized carbons (Fsp3) is 0.565. The summed E-state index contributed by atoms with van der Waals surface area (Å²) in [5.74, 6) is 0.592. The molecule has 0 N–H and O–H groups in total. The van der Waals surface area contributed by atoms with Crippen molar-refractivity contribution in [1.29, 1.82) is 0 Å². The first-order chi connectivity index (χ1) is 15.9. The van der Waals surface area contributed by atoms with Gasteiger partial charge in [0.2, 0.25) is 11.4 Å². The van der Waals surface area contributed by atoms with Crippen LogP contribution in [0.2, 0.25) is 0 Å². The van der Waals surface area contributed by atoms with Gasteiger partial charge in [0, 0.05) is 31.0 Å². The molecule has 0 spiro atoms. The number of aryl methyl sites for hydroxylation is 1. The number of aromatic nitrogens is 2. The number of nitrogens with zero attached hydrogens (tertiary/aromatic N) is 2. The first kappa shape index (κ1) is 28.8. The highest BCUT2D eigenvalue weighted by Crippen LogP contribution is 2.27. The van der Waals surface area contributed by atoms with Crippen LogP contribution in [0.5, 0.6) is 5.88 Å². The molecule has 0 aliphatic carbocycles. The Kier molecular flexibility index (Phi) is 10.2. The van der Waals surface area contributed by atoms with Crippen LogP contribution in [-0.2, 0) is 25.7 Å². The molecule has 4 heterocycles. The van der Waals surface area contributed by atoms with Crippen LogP contribution in [0.4, 0.5) is 0 Å². The number of ether oxygens (including phenoxy) is 1. The fourth-order valence-electron chi connectivity index (χ4n) is 3.20. The average Bonchev–Trinajstić information content (AvgIpc) is 3.24. The molecule has 2 aliphatic heterocycles. The summed E-state index contributed by atoms with van der Waals surface area (Å²) in [5.41, 5.74) is 1.20. The van der Waals surface area contributed by atoms with Gasteiger partial charge in [-0.2, -0.15) is 0 Å². The number of pyridine rings is 2. The Morgan fingerprint density at radius 2 is 1.44 bits per heavy atom. The van der Waals surface area contributed by atoms with Crippen LogP contribution in [0.3, 0.4) is 0 Å². The Balaban J connectivity index is 0.000000224. The molecular formula is C23H35B2IN2O6. The number of hydrogen-bond acceptors (Lipinski definition) is 7. The number of rotatable bonds is 3. The third-order valence-corrected chi connectivity index (χ3v) is 6.06. The second-order valence-corrected chi connectivity index (χ2v) is 9.21. The lowest BCUT2D eigenvalue weighted by Crippen LogP contribution is -2.37. The second-order valence-electron chi connectivity index (χ2n) is 9.21. The van der Waals surface area contributed by atoms with Crippen molar-refractivity contribution in [3.8, 4) is 5.88 Å². The van der Waals surface area contributed by atoms with Gasteiger partial charge in [0.15, 0.2) is 0 Å². The smallest absolute Gasteiger partial charge is 0.481 e. The molecule has 2 aromatic rings. The van der Waals surface area contributed by atoms with Crippen LogP contribution in [0, 0.1) is 0 Å². The average molecular weight is 584 g/mol. The third kappa shape index (κ3) is 7.07. The maximum absolute atomic E-state index is 11.3. The Morgan fingerprint density at radius 1 is 0.941 bits per heavy atom. The van der Waals surface area contributed by atoms with Gasteiger partial charge in [-0.05, 0) is 58.0 Å². The number of methoxy groups -OCH3 is 1. The summed E-state index contributed by atoms with van der Waals surface area (Å²) in [6.07, 6.45) is 3.58. The van der Waals surface area contributed by atoms with Crippen molar-refractivity contribution in [3.63, 3.8) is 0 Å². The Morgan fingerprint density at radius 3 is 1.82 bits per heavy atom. The van der Waals surface area contributed by atoms with E-state index in [2.05, 4.69) is 27.6 Å². The quantitative estimate of drug-likeness (QED) is 0.312. The van der Waals surface area contributed by atoms with Crippen molar-refractivity contribution in [3.05, 3.63) is 47.0 Å². The van der Waals surface area contributed by atoms with E-state index in [1.165, 1.54) is 10.6 Å². The highest BCUT2D eigenvalue weighted by atomic mass is 127. The summed E-state index contributed by atoms with van der Waals surface area (Å²) < 4.78 is 29.6. The minimum absolute atomic E-state index is 0.0333. The van der Waals surface area contributed by atoms with E-state index in [-0.39, 0.29) is 43.2 Å². The first-order valence-corrected chi connectivity index (χ1v) is 13.3. The standard InChI is InChI=1S/2C11H16BNO3.CH3I/c1-8-11(2,3)16-12(15-8)9-5-6-10(14-4)13-7-9;1-8-11(2,3)16-12(15-8)9-5-6-10(14)13(4)7-9;1-2/h2*5-8H,1-4H3;1H3. The SMILES string of the molecule is CC1OB(c2ccc(=O)n(C)c2)OC1(C)C.CI.COc1ccc(B2OC(C)C(C)(C)O2)cn1. The van der Waals surface area contributed by atoms with Gasteiger partial charge in [0.05, 0.1) is 30.5 Å². The molecule has 2 saturated heterocycles. The van der Waals surface area contributed by atoms with Crippen molar-refractivity contribution in [1.82, 2.24) is 9.55 Å². The maximum Gasteiger partial charge on any atom is 0.496 e. The number of halogens is 1. The van der Waals surface area contributed by atoms with Crippen molar-refractivity contribution in [2.75, 3.05) is 12.0 Å². The predicted molar refractivity (Wildman–Crippen MR) is 145 cm³/mol. The molecule has 0 aromatic carbocycles. The molecule has 2 aromatic heterocycles. The van der Waals surface area contributed by atoms with Crippen LogP contribution >= 0.6 is 22.6 Å². The maximum atomic E-state index is 11.3. The summed E-state index contributed by atoms with van der Waals surface area (Å²) in [4.78, 5) is 17.4. The largest absolute Gasteiger partial charge is 0.496 e. The third-order valence-electron chi connectivity index (χ3n) is 6.06. The molecule has 2 atom stereocenters. The Hall–Kier alpha value is -1.40. The molecule has 0 bridgehead atoms. The van der Waals surface area contributed by atoms with E-state index in [0.717, 1.165) is 10.9 Å². The van der Waals surface area contributed by atoms with Crippen molar-refractivity contribution in [2.45, 2.75) is 65.0 Å². The van der Waals surface area contributed by atoms with Gasteiger partial charge in [-0.3, -0.25) is 4.79 Å². The minimum atomic E-state index is -0.378. The highest BCUT2D eigenvalue weighted by molar-refractivity contribution is 14.1. The summed E-state index contributed by atoms with van der Waals surface area (Å²) in [7, 11) is 2.60. The molecule has 8 nitrogen and oxygen atoms in total. The second kappa shape index (κ2) is 12.0. The lowest BCUT2D eigenvalue weighted by atomic mass is 9.80. The van der Waals surface area contributed by atoms with Gasteiger partial charge in [-0.25, -0.2) is 4.98 Å². The van der Waals surface area contributed by atoms with Crippen molar-refractivity contribution >= 4 is 47.8 Å². The molecule has 11 heteroatoms. The summed E-state index contributed by atoms with van der Waals surface area (Å²) in [6, 6.07) is 6.99. The molecule has 186 valence electrons. The van der Waals surface area contributed by atoms with E-state index >= 15 is 0 Å². The molecule has 34 heavy (non-hydrogen) atoms. The van der Waals surface area contributed by atoms with E-state index < -0.39 is 0 Å². The summed E-state index contributed by atoms with van der Waals surface area (Å²) in [5, 5.41) is 0. The van der Waals surface area contributed by atoms with Crippen LogP contribution in [0.15, 0.2) is 41.5 Å². The summed E-state index contributed by atoms with van der Waals surface area (Å²) in [6.45, 7) is 12.0. The predicted octanol–water partition coefficient (Wildman–Crippen LogP) is 2.34. The fourth-order valence-corrected chi connectivity index (χ4v) is 3.20. The van der Waals surface area contributed by atoms with Crippen LogP contribution in [0.1, 0.15) is 41.5 Å². The molecule has 2 aliphatic rings. The number of alkyl halides is 1. The van der Waals surface area contributed by atoms with E-state index in [1.807, 2.05) is 52.5 Å². The lowest BCUT2D eigenvalue weighted by Gasteiger charge is -2.21. The van der Waals surface area contributed by atoms with Crippen molar-refractivity contribution in [2.24, 2.45) is 7.05 Å². The molecule has 2 unspecified atom stereocenters. The van der Waals surface area contributed by atoms with Crippen LogP contribution < -0.4 is 21.2 Å². The number of hydrogen-bond donors (Lipinski definition) is 0. The normalized spacial score (nSPS) is 22.4. The van der Waals surface area contributed by atoms with Crippen LogP contribution in [-0.4, -0.2) is 59.2 Å². The molecule has 2 fully saturated rings. The molecule has 0 amide bonds. The summed E-state index contributed by atoms with van der Waals surface area (Å²) >= 11 is 2.15. The molecule has 0 radical (unpaired) electrons. The van der Waals surface area contributed by atoms with Gasteiger partial charge in [-0.15, -0.1) is 0 Å². The zero-order chi connectivity index (χ0) is 25.7.